The van der Waals surface area contributed by atoms with Crippen LogP contribution in [0.5, 0.6) is 5.75 Å². The van der Waals surface area contributed by atoms with Gasteiger partial charge in [0.1, 0.15) is 59.1 Å². The Hall–Kier alpha value is -12.4. The van der Waals surface area contributed by atoms with E-state index in [1.54, 1.807) is 98.4 Å². The van der Waals surface area contributed by atoms with Crippen molar-refractivity contribution in [1.29, 1.82) is 0 Å². The maximum Gasteiger partial charge on any atom is 0.303 e. The van der Waals surface area contributed by atoms with Crippen LogP contribution in [0.25, 0.3) is 17.0 Å². The van der Waals surface area contributed by atoms with E-state index in [2.05, 4.69) is 89.7 Å². The fourth-order valence-corrected chi connectivity index (χ4v) is 16.2. The highest BCUT2D eigenvalue weighted by Gasteiger charge is 2.44. The molecule has 2 aliphatic rings. The van der Waals surface area contributed by atoms with Crippen molar-refractivity contribution in [2.24, 2.45) is 23.3 Å². The zero-order valence-electron chi connectivity index (χ0n) is 81.0. The van der Waals surface area contributed by atoms with Gasteiger partial charge in [0.05, 0.1) is 80.4 Å². The van der Waals surface area contributed by atoms with E-state index in [1.165, 1.54) is 72.9 Å². The van der Waals surface area contributed by atoms with Gasteiger partial charge in [-0.1, -0.05) is 124 Å². The number of Topliss-reactive ketones (excluding diaryl/α,β-unsaturated/α-hetero) is 5. The molecule has 42 heteroatoms. The number of rotatable bonds is 41. The molecule has 2 aromatic heterocycles. The first kappa shape index (κ1) is 114. The van der Waals surface area contributed by atoms with Crippen LogP contribution >= 0.6 is 0 Å². The van der Waals surface area contributed by atoms with E-state index in [1.807, 2.05) is 0 Å². The lowest BCUT2D eigenvalue weighted by atomic mass is 9.80. The van der Waals surface area contributed by atoms with Gasteiger partial charge in [-0.05, 0) is 152 Å². The molecule has 1 saturated carbocycles. The number of aromatic nitrogens is 4. The van der Waals surface area contributed by atoms with Crippen LogP contribution in [-0.4, -0.2) is 277 Å². The minimum absolute atomic E-state index is 0.0352. The number of ketones is 5. The first-order chi connectivity index (χ1) is 66.0. The number of primary amides is 1. The van der Waals surface area contributed by atoms with Crippen molar-refractivity contribution in [2.45, 2.75) is 300 Å². The number of nitrogens with one attached hydrogen (secondary N) is 15. The number of aliphatic carboxylic acids is 1. The largest absolute Gasteiger partial charge is 0.508 e. The number of aryl methyl sites for hydroxylation is 2. The molecule has 3 aromatic carbocycles. The Labute approximate surface area is 808 Å². The third kappa shape index (κ3) is 37.0. The molecule has 0 unspecified atom stereocenters. The summed E-state index contributed by atoms with van der Waals surface area (Å²) >= 11 is 0. The highest BCUT2D eigenvalue weighted by atomic mass is 16.5. The van der Waals surface area contributed by atoms with Crippen LogP contribution in [0.2, 0.25) is 0 Å². The first-order valence-corrected chi connectivity index (χ1v) is 47.6. The smallest absolute Gasteiger partial charge is 0.303 e. The fourth-order valence-electron chi connectivity index (χ4n) is 16.2. The van der Waals surface area contributed by atoms with E-state index >= 15 is 33.6 Å². The van der Waals surface area contributed by atoms with E-state index in [0.717, 1.165) is 6.42 Å². The maximum atomic E-state index is 15.7. The molecule has 0 radical (unpaired) electrons. The number of ether oxygens (including phenoxy) is 1. The number of phenols is 1. The standard InChI is InChI=1S/C97H142N20O22/c1-56(2)45-73(105-61(7)120)90(133)112-86(60(6)119)93(136)109-76(46-62-23-14-13-15-24-62)92(135)113-96(8)40-18-11-12-19-43-117-78(30-22-44-139-10)69(115-116-117)29-21-41-97(9,95(138)111-77(54-118)83(126)53-101-57(3)79(122)39-42-100-59(5)82(125)51-98)114-91(134)75(47-63-25-20-26-63)108-87(130)70(35-37-84(99)127)104-55-103-58(4)80(123)50-81(124)72(49-65-52-102-68-28-17-16-27-67(65)68)106-89(132)74(48-64-31-33-66(121)34-32-64)107-88(131)71(110-94(96)137)36-38-85(128)129/h13-17,22-24,27-28,30-34,52,56-60,63,70-77,86,100-104,118-119,121H,11-12,18-21,25-26,29,35-51,53-55,98H2,1-10H3,(H2,99,127)(H,105,120)(H,106,132)(H,107,131)(H,108,130)(H,109,136)(H,110,137)(H,111,138)(H,112,133)(H,113,135)(H,114,134)(H,128,129)/b30-22+/t57-,58-,59-,60+,70-,71-,72-,73-,74-,75-,76-,77-,86-,96+,97-/m0/s1. The molecule has 1 aliphatic carbocycles. The van der Waals surface area contributed by atoms with Gasteiger partial charge in [0, 0.05) is 89.4 Å². The van der Waals surface area contributed by atoms with Crippen molar-refractivity contribution < 1.29 is 107 Å². The minimum Gasteiger partial charge on any atom is -0.508 e. The second-order valence-corrected chi connectivity index (χ2v) is 36.9. The number of aliphatic hydroxyl groups is 2. The van der Waals surface area contributed by atoms with Crippen LogP contribution in [0, 0.1) is 11.8 Å². The monoisotopic (exact) mass is 1940 g/mol. The van der Waals surface area contributed by atoms with E-state index in [0.29, 0.717) is 71.1 Å². The number of nitrogens with two attached hydrogens (primary N) is 2. The van der Waals surface area contributed by atoms with Crippen molar-refractivity contribution in [1.82, 2.24) is 94.4 Å². The van der Waals surface area contributed by atoms with Crippen LogP contribution in [0.4, 0.5) is 0 Å². The molecule has 139 heavy (non-hydrogen) atoms. The van der Waals surface area contributed by atoms with Crippen molar-refractivity contribution >= 4 is 117 Å². The Morgan fingerprint density at radius 3 is 1.97 bits per heavy atom. The molecule has 11 amide bonds. The lowest BCUT2D eigenvalue weighted by molar-refractivity contribution is -0.140. The summed E-state index contributed by atoms with van der Waals surface area (Å²) in [6, 6.07) is 4.33. The number of carboxylic acids is 1. The number of H-pyrrole nitrogens is 1. The van der Waals surface area contributed by atoms with Crippen LogP contribution in [0.15, 0.2) is 91.1 Å². The summed E-state index contributed by atoms with van der Waals surface area (Å²) in [4.78, 5) is 246. The number of para-hydroxylation sites is 1. The Balaban J connectivity index is 1.31. The third-order valence-corrected chi connectivity index (χ3v) is 25.0. The summed E-state index contributed by atoms with van der Waals surface area (Å²) in [5.41, 5.74) is 9.97. The first-order valence-electron chi connectivity index (χ1n) is 47.6. The van der Waals surface area contributed by atoms with Crippen LogP contribution in [-0.2, 0) is 118 Å². The number of carbonyl (C=O) groups excluding carboxylic acids is 16. The molecule has 1 aliphatic heterocycles. The van der Waals surface area contributed by atoms with Crippen molar-refractivity contribution in [3.8, 4) is 5.75 Å². The summed E-state index contributed by atoms with van der Waals surface area (Å²) in [6.45, 7) is 11.8. The molecule has 7 rings (SSSR count). The second kappa shape index (κ2) is 56.6. The van der Waals surface area contributed by atoms with E-state index < -0.39 is 210 Å². The number of carbonyl (C=O) groups is 17. The number of fused-ring (bicyclic) bond motifs is 3. The fraction of sp³-hybridized carbons (Fsp3) is 0.577. The molecule has 1 fully saturated rings. The molecule has 2 bridgehead atoms. The predicted octanol–water partition coefficient (Wildman–Crippen LogP) is -0.0383. The lowest BCUT2D eigenvalue weighted by Gasteiger charge is -2.35. The van der Waals surface area contributed by atoms with Crippen LogP contribution in [0.3, 0.4) is 0 Å². The predicted molar refractivity (Wildman–Crippen MR) is 513 cm³/mol. The van der Waals surface area contributed by atoms with Gasteiger partial charge in [-0.3, -0.25) is 92.1 Å². The third-order valence-electron chi connectivity index (χ3n) is 25.0. The number of benzene rings is 3. The number of carboxylic acid groups (broad SMARTS) is 1. The number of aromatic amines is 1. The topological polar surface area (TPSA) is 647 Å². The second-order valence-electron chi connectivity index (χ2n) is 36.9. The zero-order valence-corrected chi connectivity index (χ0v) is 81.0. The number of phenolic OH excluding ortho intramolecular Hbond substituents is 1. The molecule has 3 heterocycles. The van der Waals surface area contributed by atoms with Gasteiger partial charge in [-0.25, -0.2) is 4.68 Å². The maximum absolute atomic E-state index is 15.7. The Morgan fingerprint density at radius 1 is 0.655 bits per heavy atom. The van der Waals surface area contributed by atoms with E-state index in [9.17, 15) is 68.4 Å². The lowest BCUT2D eigenvalue weighted by Crippen LogP contribution is -2.65. The molecule has 23 N–H and O–H groups in total. The number of aliphatic hydroxyl groups excluding tert-OH is 2. The highest BCUT2D eigenvalue weighted by molar-refractivity contribution is 6.06. The Morgan fingerprint density at radius 2 is 1.32 bits per heavy atom. The summed E-state index contributed by atoms with van der Waals surface area (Å²) in [6.07, 6.45) is 2.99. The number of methoxy groups -OCH3 is 1. The van der Waals surface area contributed by atoms with E-state index in [4.69, 9.17) is 16.2 Å². The average molecular weight is 1940 g/mol. The number of aromatic hydroxyl groups is 1. The quantitative estimate of drug-likeness (QED) is 0.0228. The summed E-state index contributed by atoms with van der Waals surface area (Å²) < 4.78 is 7.02. The van der Waals surface area contributed by atoms with Crippen molar-refractivity contribution in [3.05, 3.63) is 119 Å². The van der Waals surface area contributed by atoms with Crippen molar-refractivity contribution in [3.63, 3.8) is 0 Å². The van der Waals surface area contributed by atoms with Gasteiger partial charge in [0.25, 0.3) is 0 Å². The van der Waals surface area contributed by atoms with Gasteiger partial charge < -0.3 is 105 Å². The SMILES string of the molecule is COC/C=C/c1c2nnn1CCCCCC[C@@](C)(NC(=O)[C@H](Cc1ccccc1)NC(=O)[C@@H](NC(=O)[C@H](CC(C)C)NC(C)=O)[C@@H](C)O)C(=O)N[C@@H](CCC(=O)O)C(=O)N[C@@H](Cc1ccc(O)cc1)C(=O)N[C@@H](Cc1c[nH]c3ccccc13)C(=O)CC(=O)[C@H](C)NCN[C@@H](CCC(N)=O)C(=O)N[C@@H](CC1CCC1)C(=O)N[C@](C)(C(=O)N[C@@H](CO)C(=O)CN[C@@H](C)C(=O)CCN[C@@H](C)C(=O)CN)CCC2. The summed E-state index contributed by atoms with van der Waals surface area (Å²) in [5, 5.41) is 91.2. The molecule has 5 aromatic rings. The summed E-state index contributed by atoms with van der Waals surface area (Å²) in [5.74, 6) is -14.7. The highest BCUT2D eigenvalue weighted by Crippen LogP contribution is 2.32. The average Bonchev–Trinajstić information content (AvgIpc) is 1.07. The van der Waals surface area contributed by atoms with Gasteiger partial charge in [0.15, 0.2) is 28.9 Å². The van der Waals surface area contributed by atoms with E-state index in [-0.39, 0.29) is 146 Å². The minimum atomic E-state index is -2.11. The van der Waals surface area contributed by atoms with Gasteiger partial charge in [-0.15, -0.1) is 5.10 Å². The van der Waals surface area contributed by atoms with Gasteiger partial charge >= 0.3 is 5.97 Å². The zero-order chi connectivity index (χ0) is 102. The number of amides is 11. The molecular formula is C97H142N20O22. The number of hydrogen-bond donors (Lipinski definition) is 21. The Kier molecular flexibility index (Phi) is 46.2. The number of hydrogen-bond acceptors (Lipinski definition) is 28. The molecular weight excluding hydrogens is 1800 g/mol. The molecule has 0 saturated heterocycles. The van der Waals surface area contributed by atoms with Crippen LogP contribution in [0.1, 0.15) is 206 Å². The molecule has 762 valence electrons. The Bertz CT molecular complexity index is 5040. The van der Waals surface area contributed by atoms with Crippen molar-refractivity contribution in [2.75, 3.05) is 46.6 Å². The van der Waals surface area contributed by atoms with Crippen LogP contribution < -0.4 is 85.9 Å². The summed E-state index contributed by atoms with van der Waals surface area (Å²) in [7, 11) is 1.49. The normalized spacial score (nSPS) is 22.0. The van der Waals surface area contributed by atoms with Gasteiger partial charge in [0.2, 0.25) is 65.0 Å². The molecule has 42 nitrogen and oxygen atoms in total. The molecule has 0 spiro atoms. The number of nitrogens with zero attached hydrogens (tertiary/aromatic N) is 3. The molecule has 15 atom stereocenters. The van der Waals surface area contributed by atoms with Gasteiger partial charge in [-0.2, -0.15) is 0 Å².